The normalized spacial score (nSPS) is 23.6. The average molecular weight is 200 g/mol. The monoisotopic (exact) mass is 200 g/mol. The molecule has 14 heavy (non-hydrogen) atoms. The van der Waals surface area contributed by atoms with Crippen LogP contribution < -0.4 is 5.73 Å². The van der Waals surface area contributed by atoms with Gasteiger partial charge in [-0.1, -0.05) is 0 Å². The molecule has 0 spiro atoms. The molecule has 1 aliphatic heterocycles. The highest BCUT2D eigenvalue weighted by molar-refractivity contribution is 5.69. The zero-order chi connectivity index (χ0) is 10.8. The van der Waals surface area contributed by atoms with Crippen LogP contribution in [0, 0.1) is 0 Å². The highest BCUT2D eigenvalue weighted by Crippen LogP contribution is 2.22. The molecule has 1 amide bonds. The lowest BCUT2D eigenvalue weighted by Crippen LogP contribution is -2.51. The molecule has 0 radical (unpaired) electrons. The van der Waals surface area contributed by atoms with E-state index in [1.54, 1.807) is 4.90 Å². The van der Waals surface area contributed by atoms with E-state index in [4.69, 9.17) is 10.5 Å². The van der Waals surface area contributed by atoms with Crippen LogP contribution in [-0.4, -0.2) is 35.7 Å². The molecule has 4 heteroatoms. The Labute approximate surface area is 85.4 Å². The van der Waals surface area contributed by atoms with Crippen LogP contribution in [0.4, 0.5) is 4.79 Å². The molecular weight excluding hydrogens is 180 g/mol. The Balaban J connectivity index is 2.52. The van der Waals surface area contributed by atoms with Gasteiger partial charge in [0, 0.05) is 18.5 Å². The number of rotatable bonds is 2. The van der Waals surface area contributed by atoms with Crippen molar-refractivity contribution in [2.24, 2.45) is 5.73 Å². The first kappa shape index (κ1) is 11.3. The van der Waals surface area contributed by atoms with Gasteiger partial charge in [-0.15, -0.1) is 0 Å². The summed E-state index contributed by atoms with van der Waals surface area (Å²) >= 11 is 0. The predicted octanol–water partition coefficient (Wildman–Crippen LogP) is 1.34. The van der Waals surface area contributed by atoms with E-state index >= 15 is 0 Å². The van der Waals surface area contributed by atoms with E-state index in [1.165, 1.54) is 0 Å². The second-order valence-corrected chi connectivity index (χ2v) is 4.69. The molecule has 0 bridgehead atoms. The molecule has 0 aromatic carbocycles. The largest absolute Gasteiger partial charge is 0.446 e. The minimum absolute atomic E-state index is 0.0195. The van der Waals surface area contributed by atoms with Crippen molar-refractivity contribution in [2.45, 2.75) is 45.3 Å². The summed E-state index contributed by atoms with van der Waals surface area (Å²) in [4.78, 5) is 13.4. The smallest absolute Gasteiger partial charge is 0.410 e. The molecule has 82 valence electrons. The summed E-state index contributed by atoms with van der Waals surface area (Å²) < 4.78 is 5.27. The van der Waals surface area contributed by atoms with E-state index in [2.05, 4.69) is 0 Å². The van der Waals surface area contributed by atoms with Crippen molar-refractivity contribution in [2.75, 3.05) is 13.1 Å². The lowest BCUT2D eigenvalue weighted by atomic mass is 10.0. The molecule has 1 unspecified atom stereocenters. The molecule has 0 aromatic heterocycles. The summed E-state index contributed by atoms with van der Waals surface area (Å²) in [7, 11) is 0. The number of nitrogens with two attached hydrogens (primary N) is 1. The number of hydrogen-bond acceptors (Lipinski definition) is 3. The number of cyclic esters (lactones) is 1. The van der Waals surface area contributed by atoms with Gasteiger partial charge in [0.1, 0.15) is 6.10 Å². The maximum atomic E-state index is 11.6. The zero-order valence-electron chi connectivity index (χ0n) is 9.25. The number of carbonyl (C=O) groups is 1. The summed E-state index contributed by atoms with van der Waals surface area (Å²) in [5.74, 6) is 0. The summed E-state index contributed by atoms with van der Waals surface area (Å²) in [6, 6.07) is 0. The van der Waals surface area contributed by atoms with Crippen LogP contribution in [0.3, 0.4) is 0 Å². The maximum absolute atomic E-state index is 11.6. The van der Waals surface area contributed by atoms with Gasteiger partial charge >= 0.3 is 6.09 Å². The van der Waals surface area contributed by atoms with Crippen LogP contribution in [-0.2, 0) is 4.74 Å². The second kappa shape index (κ2) is 4.17. The quantitative estimate of drug-likeness (QED) is 0.732. The minimum atomic E-state index is -0.206. The van der Waals surface area contributed by atoms with E-state index in [9.17, 15) is 4.79 Å². The zero-order valence-corrected chi connectivity index (χ0v) is 9.25. The van der Waals surface area contributed by atoms with Gasteiger partial charge in [0.05, 0.1) is 0 Å². The maximum Gasteiger partial charge on any atom is 0.410 e. The molecule has 1 atom stereocenters. The van der Waals surface area contributed by atoms with Crippen LogP contribution in [0.25, 0.3) is 0 Å². The first-order valence-corrected chi connectivity index (χ1v) is 5.13. The van der Waals surface area contributed by atoms with Gasteiger partial charge < -0.3 is 15.4 Å². The van der Waals surface area contributed by atoms with Gasteiger partial charge in [0.2, 0.25) is 0 Å². The molecule has 1 heterocycles. The Kier molecular flexibility index (Phi) is 3.37. The third kappa shape index (κ3) is 2.61. The van der Waals surface area contributed by atoms with Gasteiger partial charge in [-0.05, 0) is 33.7 Å². The Bertz CT molecular complexity index is 211. The Hall–Kier alpha value is -0.770. The predicted molar refractivity (Wildman–Crippen MR) is 55.0 cm³/mol. The molecular formula is C10H20N2O2. The van der Waals surface area contributed by atoms with Crippen molar-refractivity contribution in [3.05, 3.63) is 0 Å². The van der Waals surface area contributed by atoms with Crippen molar-refractivity contribution in [1.29, 1.82) is 0 Å². The van der Waals surface area contributed by atoms with E-state index in [-0.39, 0.29) is 17.7 Å². The topological polar surface area (TPSA) is 55.6 Å². The van der Waals surface area contributed by atoms with Crippen LogP contribution in [0.15, 0.2) is 0 Å². The number of amides is 1. The van der Waals surface area contributed by atoms with Crippen molar-refractivity contribution < 1.29 is 9.53 Å². The first-order valence-electron chi connectivity index (χ1n) is 5.13. The lowest BCUT2D eigenvalue weighted by molar-refractivity contribution is -0.00450. The summed E-state index contributed by atoms with van der Waals surface area (Å²) in [5.41, 5.74) is 5.27. The highest BCUT2D eigenvalue weighted by Gasteiger charge is 2.33. The van der Waals surface area contributed by atoms with Crippen LogP contribution in [0.1, 0.15) is 33.6 Å². The Morgan fingerprint density at radius 2 is 2.21 bits per heavy atom. The molecule has 1 fully saturated rings. The molecule has 1 saturated heterocycles. The molecule has 1 aliphatic rings. The van der Waals surface area contributed by atoms with Crippen molar-refractivity contribution in [1.82, 2.24) is 4.90 Å². The standard InChI is InChI=1S/C10H20N2O2/c1-10(2,3)12-7-5-8(4-6-11)14-9(12)13/h8H,4-7,11H2,1-3H3. The fraction of sp³-hybridized carbons (Fsp3) is 0.900. The van der Waals surface area contributed by atoms with Gasteiger partial charge in [-0.3, -0.25) is 0 Å². The Morgan fingerprint density at radius 3 is 2.64 bits per heavy atom. The van der Waals surface area contributed by atoms with Gasteiger partial charge in [-0.25, -0.2) is 4.79 Å². The molecule has 2 N–H and O–H groups in total. The van der Waals surface area contributed by atoms with Crippen LogP contribution in [0.5, 0.6) is 0 Å². The van der Waals surface area contributed by atoms with Crippen molar-refractivity contribution in [3.63, 3.8) is 0 Å². The molecule has 0 aromatic rings. The van der Waals surface area contributed by atoms with Crippen molar-refractivity contribution >= 4 is 6.09 Å². The SMILES string of the molecule is CC(C)(C)N1CCC(CCN)OC1=O. The summed E-state index contributed by atoms with van der Waals surface area (Å²) in [6.45, 7) is 7.38. The van der Waals surface area contributed by atoms with E-state index < -0.39 is 0 Å². The third-order valence-corrected chi connectivity index (χ3v) is 2.46. The molecule has 4 nitrogen and oxygen atoms in total. The number of ether oxygens (including phenoxy) is 1. The molecule has 0 aliphatic carbocycles. The third-order valence-electron chi connectivity index (χ3n) is 2.46. The number of nitrogens with zero attached hydrogens (tertiary/aromatic N) is 1. The fourth-order valence-electron chi connectivity index (χ4n) is 1.63. The Morgan fingerprint density at radius 1 is 1.57 bits per heavy atom. The number of hydrogen-bond donors (Lipinski definition) is 1. The van der Waals surface area contributed by atoms with Crippen molar-refractivity contribution in [3.8, 4) is 0 Å². The highest BCUT2D eigenvalue weighted by atomic mass is 16.6. The van der Waals surface area contributed by atoms with E-state index in [0.29, 0.717) is 6.54 Å². The van der Waals surface area contributed by atoms with Gasteiger partial charge in [-0.2, -0.15) is 0 Å². The van der Waals surface area contributed by atoms with E-state index in [1.807, 2.05) is 20.8 Å². The van der Waals surface area contributed by atoms with Crippen LogP contribution >= 0.6 is 0 Å². The van der Waals surface area contributed by atoms with Gasteiger partial charge in [0.15, 0.2) is 0 Å². The lowest BCUT2D eigenvalue weighted by Gasteiger charge is -2.40. The molecule has 0 saturated carbocycles. The molecule has 1 rings (SSSR count). The van der Waals surface area contributed by atoms with E-state index in [0.717, 1.165) is 19.4 Å². The average Bonchev–Trinajstić information content (AvgIpc) is 2.02. The van der Waals surface area contributed by atoms with Gasteiger partial charge in [0.25, 0.3) is 0 Å². The summed E-state index contributed by atoms with van der Waals surface area (Å²) in [6.07, 6.45) is 1.47. The minimum Gasteiger partial charge on any atom is -0.446 e. The fourth-order valence-corrected chi connectivity index (χ4v) is 1.63. The summed E-state index contributed by atoms with van der Waals surface area (Å²) in [5, 5.41) is 0. The number of carbonyl (C=O) groups excluding carboxylic acids is 1. The second-order valence-electron chi connectivity index (χ2n) is 4.69. The van der Waals surface area contributed by atoms with Crippen LogP contribution in [0.2, 0.25) is 0 Å². The first-order chi connectivity index (χ1) is 6.45.